The van der Waals surface area contributed by atoms with E-state index in [4.69, 9.17) is 0 Å². The molecule has 0 aromatic heterocycles. The molecule has 0 radical (unpaired) electrons. The van der Waals surface area contributed by atoms with Gasteiger partial charge >= 0.3 is 5.97 Å². The summed E-state index contributed by atoms with van der Waals surface area (Å²) in [4.78, 5) is 10.1. The van der Waals surface area contributed by atoms with E-state index in [0.717, 1.165) is 0 Å². The quantitative estimate of drug-likeness (QED) is 0.435. The molecule has 0 saturated carbocycles. The van der Waals surface area contributed by atoms with Gasteiger partial charge in [-0.05, 0) is 6.92 Å². The van der Waals surface area contributed by atoms with E-state index in [1.807, 2.05) is 6.92 Å². The van der Waals surface area contributed by atoms with Gasteiger partial charge in [-0.3, -0.25) is 4.79 Å². The molecule has 0 unspecified atom stereocenters. The van der Waals surface area contributed by atoms with Crippen LogP contribution in [0, 0.1) is 0 Å². The first-order valence-corrected chi connectivity index (χ1v) is 2.97. The van der Waals surface area contributed by atoms with E-state index in [1.165, 1.54) is 13.2 Å². The molecule has 10 heavy (non-hydrogen) atoms. The number of allylic oxidation sites excluding steroid dienone is 1. The Morgan fingerprint density at radius 2 is 2.00 bits per heavy atom. The lowest BCUT2D eigenvalue weighted by Gasteiger charge is -1.88. The predicted molar refractivity (Wildman–Crippen MR) is 42.7 cm³/mol. The van der Waals surface area contributed by atoms with E-state index in [9.17, 15) is 4.79 Å². The van der Waals surface area contributed by atoms with Gasteiger partial charge in [0.2, 0.25) is 0 Å². The van der Waals surface area contributed by atoms with Gasteiger partial charge in [-0.15, -0.1) is 13.2 Å². The van der Waals surface area contributed by atoms with Crippen LogP contribution in [-0.4, -0.2) is 13.1 Å². The fourth-order valence-electron chi connectivity index (χ4n) is 0.201. The van der Waals surface area contributed by atoms with Crippen molar-refractivity contribution in [2.24, 2.45) is 0 Å². The summed E-state index contributed by atoms with van der Waals surface area (Å²) in [5.41, 5.74) is 0. The molecule has 0 amide bonds. The minimum absolute atomic E-state index is 0.241. The maximum atomic E-state index is 10.1. The summed E-state index contributed by atoms with van der Waals surface area (Å²) in [5, 5.41) is 0. The number of hydrogen-bond acceptors (Lipinski definition) is 2. The van der Waals surface area contributed by atoms with Crippen LogP contribution < -0.4 is 0 Å². The average Bonchev–Trinajstić information content (AvgIpc) is 1.90. The van der Waals surface area contributed by atoms with Gasteiger partial charge < -0.3 is 4.74 Å². The lowest BCUT2D eigenvalue weighted by atomic mass is 10.4. The highest BCUT2D eigenvalue weighted by atomic mass is 16.5. The first-order valence-electron chi connectivity index (χ1n) is 2.97. The first-order chi connectivity index (χ1) is 4.72. The van der Waals surface area contributed by atoms with Gasteiger partial charge in [-0.1, -0.05) is 12.2 Å². The molecule has 0 aliphatic carbocycles. The van der Waals surface area contributed by atoms with Crippen LogP contribution in [0.5, 0.6) is 0 Å². The van der Waals surface area contributed by atoms with E-state index in [-0.39, 0.29) is 5.97 Å². The van der Waals surface area contributed by atoms with Crippen LogP contribution in [0.15, 0.2) is 25.3 Å². The average molecular weight is 142 g/mol. The van der Waals surface area contributed by atoms with Crippen LogP contribution in [0.3, 0.4) is 0 Å². The molecule has 0 spiro atoms. The fraction of sp³-hybridized carbons (Fsp3) is 0.375. The molecule has 58 valence electrons. The van der Waals surface area contributed by atoms with Crippen LogP contribution in [0.25, 0.3) is 0 Å². The minimum Gasteiger partial charge on any atom is -0.469 e. The van der Waals surface area contributed by atoms with Gasteiger partial charge in [0, 0.05) is 0 Å². The molecule has 0 rings (SSSR count). The highest BCUT2D eigenvalue weighted by Crippen LogP contribution is 1.80. The largest absolute Gasteiger partial charge is 0.469 e. The van der Waals surface area contributed by atoms with Crippen LogP contribution in [0.1, 0.15) is 13.3 Å². The zero-order valence-corrected chi connectivity index (χ0v) is 6.59. The van der Waals surface area contributed by atoms with Crippen LogP contribution in [0.2, 0.25) is 0 Å². The molecule has 0 N–H and O–H groups in total. The lowest BCUT2D eigenvalue weighted by Crippen LogP contribution is -1.95. The van der Waals surface area contributed by atoms with Crippen molar-refractivity contribution < 1.29 is 9.53 Å². The maximum Gasteiger partial charge on any atom is 0.309 e. The molecule has 0 bridgehead atoms. The van der Waals surface area contributed by atoms with E-state index >= 15 is 0 Å². The Hall–Kier alpha value is -1.05. The van der Waals surface area contributed by atoms with Gasteiger partial charge in [0.15, 0.2) is 0 Å². The number of rotatable bonds is 2. The molecule has 0 atom stereocenters. The van der Waals surface area contributed by atoms with Gasteiger partial charge in [0.1, 0.15) is 0 Å². The van der Waals surface area contributed by atoms with Crippen molar-refractivity contribution in [2.75, 3.05) is 7.11 Å². The highest BCUT2D eigenvalue weighted by Gasteiger charge is 1.90. The Balaban J connectivity index is 0. The molecule has 0 aromatic rings. The number of carbonyl (C=O) groups excluding carboxylic acids is 1. The van der Waals surface area contributed by atoms with Gasteiger partial charge in [0.25, 0.3) is 0 Å². The summed E-state index contributed by atoms with van der Waals surface area (Å²) >= 11 is 0. The van der Waals surface area contributed by atoms with E-state index in [1.54, 1.807) is 6.08 Å². The molecular weight excluding hydrogens is 128 g/mol. The summed E-state index contributed by atoms with van der Waals surface area (Å²) in [6.07, 6.45) is 3.56. The standard InChI is InChI=1S/C5H8O2.C3H6/c1-3-4-5(6)7-2;1-3-2/h3H,1,4H2,2H3;3H,1H2,2H3. The van der Waals surface area contributed by atoms with Gasteiger partial charge in [-0.25, -0.2) is 0 Å². The van der Waals surface area contributed by atoms with E-state index < -0.39 is 0 Å². The Kier molecular flexibility index (Phi) is 12.7. The van der Waals surface area contributed by atoms with Crippen LogP contribution in [0.4, 0.5) is 0 Å². The lowest BCUT2D eigenvalue weighted by molar-refractivity contribution is -0.139. The molecule has 0 saturated heterocycles. The first kappa shape index (κ1) is 11.7. The maximum absolute atomic E-state index is 10.1. The number of methoxy groups -OCH3 is 1. The molecule has 0 aromatic carbocycles. The second-order valence-electron chi connectivity index (χ2n) is 1.48. The number of hydrogen-bond donors (Lipinski definition) is 0. The third kappa shape index (κ3) is 15.8. The van der Waals surface area contributed by atoms with Crippen LogP contribution >= 0.6 is 0 Å². The van der Waals surface area contributed by atoms with Crippen molar-refractivity contribution in [3.63, 3.8) is 0 Å². The minimum atomic E-state index is -0.241. The van der Waals surface area contributed by atoms with Gasteiger partial charge in [0.05, 0.1) is 13.5 Å². The van der Waals surface area contributed by atoms with Crippen molar-refractivity contribution >= 4 is 5.97 Å². The third-order valence-electron chi connectivity index (χ3n) is 0.539. The Bertz CT molecular complexity index is 106. The molecule has 2 nitrogen and oxygen atoms in total. The Morgan fingerprint density at radius 1 is 1.60 bits per heavy atom. The normalized spacial score (nSPS) is 6.60. The van der Waals surface area contributed by atoms with Crippen molar-refractivity contribution in [1.29, 1.82) is 0 Å². The molecule has 0 aliphatic rings. The summed E-state index contributed by atoms with van der Waals surface area (Å²) in [6.45, 7) is 8.60. The predicted octanol–water partition coefficient (Wildman–Crippen LogP) is 1.93. The molecule has 2 heteroatoms. The smallest absolute Gasteiger partial charge is 0.309 e. The highest BCUT2D eigenvalue weighted by molar-refractivity contribution is 5.70. The third-order valence-corrected chi connectivity index (χ3v) is 0.539. The molecular formula is C8H14O2. The second kappa shape index (κ2) is 10.8. The zero-order chi connectivity index (χ0) is 8.41. The summed E-state index contributed by atoms with van der Waals surface area (Å²) in [5.74, 6) is -0.241. The summed E-state index contributed by atoms with van der Waals surface area (Å²) in [6, 6.07) is 0. The summed E-state index contributed by atoms with van der Waals surface area (Å²) in [7, 11) is 1.35. The fourth-order valence-corrected chi connectivity index (χ4v) is 0.201. The number of carbonyl (C=O) groups is 1. The monoisotopic (exact) mass is 142 g/mol. The SMILES string of the molecule is C=CC.C=CCC(=O)OC. The Morgan fingerprint density at radius 3 is 2.10 bits per heavy atom. The zero-order valence-electron chi connectivity index (χ0n) is 6.59. The van der Waals surface area contributed by atoms with E-state index in [2.05, 4.69) is 17.9 Å². The van der Waals surface area contributed by atoms with Crippen molar-refractivity contribution in [3.05, 3.63) is 25.3 Å². The van der Waals surface area contributed by atoms with Crippen LogP contribution in [-0.2, 0) is 9.53 Å². The molecule has 0 heterocycles. The second-order valence-corrected chi connectivity index (χ2v) is 1.48. The Labute approximate surface area is 62.2 Å². The number of ether oxygens (including phenoxy) is 1. The van der Waals surface area contributed by atoms with Gasteiger partial charge in [-0.2, -0.15) is 0 Å². The number of esters is 1. The summed E-state index contributed by atoms with van der Waals surface area (Å²) < 4.78 is 4.28. The topological polar surface area (TPSA) is 26.3 Å². The van der Waals surface area contributed by atoms with E-state index in [0.29, 0.717) is 6.42 Å². The molecule has 0 fully saturated rings. The van der Waals surface area contributed by atoms with Crippen molar-refractivity contribution in [1.82, 2.24) is 0 Å². The van der Waals surface area contributed by atoms with Crippen molar-refractivity contribution in [2.45, 2.75) is 13.3 Å². The van der Waals surface area contributed by atoms with Crippen molar-refractivity contribution in [3.8, 4) is 0 Å². The molecule has 0 aliphatic heterocycles.